The quantitative estimate of drug-likeness (QED) is 0.766. The smallest absolute Gasteiger partial charge is 0.330 e. The minimum absolute atomic E-state index is 0.0360. The third-order valence-electron chi connectivity index (χ3n) is 5.68. The zero-order valence-electron chi connectivity index (χ0n) is 16.4. The standard InChI is InChI=1S/C21H21N5O4/c27-18(23-9-11-24(12-10-23)20(28)17-6-3-13-30-17)14-26-16-5-2-1-4-15(16)19-22-7-8-25(19)21(26)29/h1-6,13H,7-12,14H2. The Labute approximate surface area is 173 Å². The lowest BCUT2D eigenvalue weighted by atomic mass is 10.1. The van der Waals surface area contributed by atoms with Gasteiger partial charge in [0.1, 0.15) is 12.4 Å². The van der Waals surface area contributed by atoms with Crippen molar-refractivity contribution in [2.75, 3.05) is 50.7 Å². The average Bonchev–Trinajstić information content (AvgIpc) is 3.49. The van der Waals surface area contributed by atoms with Gasteiger partial charge >= 0.3 is 6.03 Å². The number of furan rings is 1. The largest absolute Gasteiger partial charge is 0.459 e. The van der Waals surface area contributed by atoms with Gasteiger partial charge in [-0.15, -0.1) is 0 Å². The number of fused-ring (bicyclic) bond motifs is 3. The highest BCUT2D eigenvalue weighted by atomic mass is 16.3. The first-order chi connectivity index (χ1) is 14.6. The molecule has 1 fully saturated rings. The Morgan fingerprint density at radius 2 is 1.73 bits per heavy atom. The Balaban J connectivity index is 1.27. The van der Waals surface area contributed by atoms with Crippen LogP contribution in [0.4, 0.5) is 10.5 Å². The third-order valence-corrected chi connectivity index (χ3v) is 5.68. The number of amidine groups is 1. The van der Waals surface area contributed by atoms with Crippen molar-refractivity contribution < 1.29 is 18.8 Å². The number of rotatable bonds is 3. The molecule has 4 amide bonds. The van der Waals surface area contributed by atoms with E-state index in [0.29, 0.717) is 56.6 Å². The number of carbonyl (C=O) groups excluding carboxylic acids is 3. The summed E-state index contributed by atoms with van der Waals surface area (Å²) in [4.78, 5) is 49.4. The first kappa shape index (κ1) is 18.4. The van der Waals surface area contributed by atoms with Gasteiger partial charge in [0.25, 0.3) is 5.91 Å². The van der Waals surface area contributed by atoms with Crippen LogP contribution in [0.1, 0.15) is 16.1 Å². The number of urea groups is 1. The van der Waals surface area contributed by atoms with Crippen molar-refractivity contribution >= 4 is 29.4 Å². The number of nitrogens with zero attached hydrogens (tertiary/aromatic N) is 5. The number of hydrogen-bond donors (Lipinski definition) is 0. The molecule has 0 unspecified atom stereocenters. The highest BCUT2D eigenvalue weighted by Gasteiger charge is 2.38. The van der Waals surface area contributed by atoms with Crippen molar-refractivity contribution in [1.29, 1.82) is 0 Å². The fourth-order valence-electron chi connectivity index (χ4n) is 4.11. The second-order valence-electron chi connectivity index (χ2n) is 7.39. The average molecular weight is 407 g/mol. The van der Waals surface area contributed by atoms with Crippen molar-refractivity contribution in [3.8, 4) is 0 Å². The number of hydrogen-bond acceptors (Lipinski definition) is 5. The van der Waals surface area contributed by atoms with E-state index in [1.165, 1.54) is 11.2 Å². The molecule has 3 aliphatic rings. The van der Waals surface area contributed by atoms with E-state index >= 15 is 0 Å². The number of amides is 4. The van der Waals surface area contributed by atoms with Crippen molar-refractivity contribution in [2.45, 2.75) is 0 Å². The lowest BCUT2D eigenvalue weighted by Gasteiger charge is -2.38. The summed E-state index contributed by atoms with van der Waals surface area (Å²) in [5.74, 6) is 0.675. The number of piperazine rings is 1. The van der Waals surface area contributed by atoms with Crippen LogP contribution in [-0.4, -0.2) is 84.2 Å². The predicted octanol–water partition coefficient (Wildman–Crippen LogP) is 1.27. The second-order valence-corrected chi connectivity index (χ2v) is 7.39. The van der Waals surface area contributed by atoms with Crippen LogP contribution in [0, 0.1) is 0 Å². The van der Waals surface area contributed by atoms with E-state index in [1.54, 1.807) is 26.8 Å². The summed E-state index contributed by atoms with van der Waals surface area (Å²) < 4.78 is 5.17. The van der Waals surface area contributed by atoms with E-state index in [2.05, 4.69) is 4.99 Å². The van der Waals surface area contributed by atoms with Gasteiger partial charge in [-0.05, 0) is 24.3 Å². The number of carbonyl (C=O) groups is 3. The Bertz CT molecular complexity index is 1020. The van der Waals surface area contributed by atoms with Gasteiger partial charge in [-0.25, -0.2) is 4.79 Å². The summed E-state index contributed by atoms with van der Waals surface area (Å²) in [5.41, 5.74) is 1.58. The van der Waals surface area contributed by atoms with Crippen LogP contribution in [-0.2, 0) is 4.79 Å². The molecule has 4 heterocycles. The molecule has 154 valence electrons. The van der Waals surface area contributed by atoms with E-state index in [1.807, 2.05) is 24.3 Å². The van der Waals surface area contributed by atoms with E-state index < -0.39 is 0 Å². The molecular formula is C21H21N5O4. The lowest BCUT2D eigenvalue weighted by Crippen LogP contribution is -2.56. The maximum Gasteiger partial charge on any atom is 0.330 e. The van der Waals surface area contributed by atoms with E-state index in [-0.39, 0.29) is 24.4 Å². The molecule has 2 aromatic rings. The molecule has 0 radical (unpaired) electrons. The van der Waals surface area contributed by atoms with Gasteiger partial charge in [0, 0.05) is 38.3 Å². The third kappa shape index (κ3) is 3.02. The first-order valence-electron chi connectivity index (χ1n) is 9.97. The molecule has 9 nitrogen and oxygen atoms in total. The molecule has 0 saturated carbocycles. The van der Waals surface area contributed by atoms with Crippen molar-refractivity contribution in [1.82, 2.24) is 14.7 Å². The fraction of sp³-hybridized carbons (Fsp3) is 0.333. The Morgan fingerprint density at radius 1 is 0.967 bits per heavy atom. The van der Waals surface area contributed by atoms with Crippen molar-refractivity contribution in [3.05, 3.63) is 54.0 Å². The van der Waals surface area contributed by atoms with Crippen LogP contribution in [0.25, 0.3) is 0 Å². The summed E-state index contributed by atoms with van der Waals surface area (Å²) in [6, 6.07) is 10.6. The summed E-state index contributed by atoms with van der Waals surface area (Å²) in [6.45, 7) is 2.77. The molecule has 3 aliphatic heterocycles. The van der Waals surface area contributed by atoms with Crippen LogP contribution in [0.2, 0.25) is 0 Å². The van der Waals surface area contributed by atoms with Crippen LogP contribution in [0.5, 0.6) is 0 Å². The topological polar surface area (TPSA) is 89.7 Å². The maximum atomic E-state index is 13.0. The molecule has 5 rings (SSSR count). The van der Waals surface area contributed by atoms with Gasteiger partial charge in [0.2, 0.25) is 5.91 Å². The zero-order valence-corrected chi connectivity index (χ0v) is 16.4. The van der Waals surface area contributed by atoms with Crippen LogP contribution in [0.3, 0.4) is 0 Å². The number of para-hydroxylation sites is 1. The van der Waals surface area contributed by atoms with Gasteiger partial charge < -0.3 is 14.2 Å². The Kier molecular flexibility index (Phi) is 4.50. The molecule has 0 bridgehead atoms. The number of anilines is 1. The predicted molar refractivity (Wildman–Crippen MR) is 108 cm³/mol. The van der Waals surface area contributed by atoms with Crippen molar-refractivity contribution in [3.63, 3.8) is 0 Å². The summed E-state index contributed by atoms with van der Waals surface area (Å²) in [6.07, 6.45) is 1.47. The van der Waals surface area contributed by atoms with Crippen LogP contribution < -0.4 is 4.90 Å². The van der Waals surface area contributed by atoms with E-state index in [9.17, 15) is 14.4 Å². The second kappa shape index (κ2) is 7.33. The zero-order chi connectivity index (χ0) is 20.7. The minimum atomic E-state index is -0.218. The van der Waals surface area contributed by atoms with E-state index in [4.69, 9.17) is 4.42 Å². The summed E-state index contributed by atoms with van der Waals surface area (Å²) in [5, 5.41) is 0. The summed E-state index contributed by atoms with van der Waals surface area (Å²) in [7, 11) is 0. The number of aliphatic imine (C=N–C) groups is 1. The van der Waals surface area contributed by atoms with Gasteiger partial charge in [-0.2, -0.15) is 0 Å². The van der Waals surface area contributed by atoms with Gasteiger partial charge in [-0.3, -0.25) is 24.4 Å². The highest BCUT2D eigenvalue weighted by molar-refractivity contribution is 6.20. The lowest BCUT2D eigenvalue weighted by molar-refractivity contribution is -0.131. The minimum Gasteiger partial charge on any atom is -0.459 e. The highest BCUT2D eigenvalue weighted by Crippen LogP contribution is 2.30. The molecule has 0 spiro atoms. The van der Waals surface area contributed by atoms with Gasteiger partial charge in [0.05, 0.1) is 18.5 Å². The molecular weight excluding hydrogens is 386 g/mol. The SMILES string of the molecule is O=C(CN1C(=O)N2CCN=C2c2ccccc21)N1CCN(C(=O)c2ccco2)CC1. The van der Waals surface area contributed by atoms with Crippen LogP contribution in [0.15, 0.2) is 52.1 Å². The summed E-state index contributed by atoms with van der Waals surface area (Å²) >= 11 is 0. The van der Waals surface area contributed by atoms with Crippen LogP contribution >= 0.6 is 0 Å². The monoisotopic (exact) mass is 407 g/mol. The van der Waals surface area contributed by atoms with Crippen molar-refractivity contribution in [2.24, 2.45) is 4.99 Å². The molecule has 0 atom stereocenters. The Hall–Kier alpha value is -3.62. The molecule has 30 heavy (non-hydrogen) atoms. The first-order valence-corrected chi connectivity index (χ1v) is 9.97. The molecule has 0 N–H and O–H groups in total. The molecule has 1 aromatic heterocycles. The van der Waals surface area contributed by atoms with Gasteiger partial charge in [-0.1, -0.05) is 12.1 Å². The number of benzene rings is 1. The molecule has 9 heteroatoms. The molecule has 1 aromatic carbocycles. The maximum absolute atomic E-state index is 13.0. The normalized spacial score (nSPS) is 18.3. The fourth-order valence-corrected chi connectivity index (χ4v) is 4.11. The van der Waals surface area contributed by atoms with Gasteiger partial charge in [0.15, 0.2) is 5.76 Å². The Morgan fingerprint density at radius 3 is 2.50 bits per heavy atom. The molecule has 1 saturated heterocycles. The molecule has 0 aliphatic carbocycles. The van der Waals surface area contributed by atoms with E-state index in [0.717, 1.165) is 5.56 Å².